The lowest BCUT2D eigenvalue weighted by Gasteiger charge is -2.35. The van der Waals surface area contributed by atoms with Crippen LogP contribution in [-0.2, 0) is 27.4 Å². The van der Waals surface area contributed by atoms with Crippen LogP contribution in [0, 0.1) is 11.6 Å². The van der Waals surface area contributed by atoms with E-state index in [0.29, 0.717) is 0 Å². The highest BCUT2D eigenvalue weighted by atomic mass is 19.1. The van der Waals surface area contributed by atoms with E-state index in [4.69, 9.17) is 14.2 Å². The van der Waals surface area contributed by atoms with E-state index in [1.54, 1.807) is 45.0 Å². The molecule has 1 saturated heterocycles. The molecule has 3 aromatic rings. The average Bonchev–Trinajstić information content (AvgIpc) is 3.18. The number of anilines is 2. The SMILES string of the molecule is CC(C)(C)OC(=O)N1CCN(C(=O)OCc2ccccc2)CCN1c1c(F)cc(NC(=O)OCc2ccccc2)cc1F. The monoisotopic (exact) mass is 596 g/mol. The number of hydrogen-bond donors (Lipinski definition) is 1. The van der Waals surface area contributed by atoms with Gasteiger partial charge in [-0.2, -0.15) is 0 Å². The molecule has 1 N–H and O–H groups in total. The van der Waals surface area contributed by atoms with Crippen LogP contribution in [-0.4, -0.2) is 60.0 Å². The second kappa shape index (κ2) is 13.9. The Bertz CT molecular complexity index is 1400. The molecular weight excluding hydrogens is 562 g/mol. The molecule has 3 amide bonds. The van der Waals surface area contributed by atoms with Crippen LogP contribution < -0.4 is 10.3 Å². The lowest BCUT2D eigenvalue weighted by molar-refractivity contribution is 0.0229. The first kappa shape index (κ1) is 31.1. The molecule has 1 aliphatic heterocycles. The van der Waals surface area contributed by atoms with Gasteiger partial charge < -0.3 is 19.1 Å². The minimum atomic E-state index is -1.05. The van der Waals surface area contributed by atoms with E-state index in [9.17, 15) is 14.4 Å². The fraction of sp³-hybridized carbons (Fsp3) is 0.323. The molecule has 1 fully saturated rings. The predicted octanol–water partition coefficient (Wildman–Crippen LogP) is 6.32. The summed E-state index contributed by atoms with van der Waals surface area (Å²) < 4.78 is 47.1. The number of ether oxygens (including phenoxy) is 3. The van der Waals surface area contributed by atoms with Crippen LogP contribution in [0.25, 0.3) is 0 Å². The molecular formula is C31H34F2N4O6. The van der Waals surface area contributed by atoms with Crippen LogP contribution in [0.5, 0.6) is 0 Å². The van der Waals surface area contributed by atoms with E-state index in [-0.39, 0.29) is 45.1 Å². The first-order chi connectivity index (χ1) is 20.5. The highest BCUT2D eigenvalue weighted by molar-refractivity contribution is 5.85. The van der Waals surface area contributed by atoms with E-state index in [1.807, 2.05) is 36.4 Å². The van der Waals surface area contributed by atoms with Gasteiger partial charge in [0.2, 0.25) is 0 Å². The number of benzene rings is 3. The second-order valence-corrected chi connectivity index (χ2v) is 10.7. The molecule has 0 saturated carbocycles. The quantitative estimate of drug-likeness (QED) is 0.332. The van der Waals surface area contributed by atoms with E-state index in [2.05, 4.69) is 5.32 Å². The second-order valence-electron chi connectivity index (χ2n) is 10.7. The van der Waals surface area contributed by atoms with Crippen LogP contribution >= 0.6 is 0 Å². The third kappa shape index (κ3) is 8.81. The van der Waals surface area contributed by atoms with Gasteiger partial charge in [-0.15, -0.1) is 0 Å². The number of halogens is 2. The fourth-order valence-corrected chi connectivity index (χ4v) is 4.28. The van der Waals surface area contributed by atoms with E-state index >= 15 is 8.78 Å². The minimum absolute atomic E-state index is 0.00237. The molecule has 43 heavy (non-hydrogen) atoms. The Morgan fingerprint density at radius 2 is 1.30 bits per heavy atom. The zero-order chi connectivity index (χ0) is 31.0. The minimum Gasteiger partial charge on any atom is -0.445 e. The summed E-state index contributed by atoms with van der Waals surface area (Å²) >= 11 is 0. The molecule has 4 rings (SSSR count). The van der Waals surface area contributed by atoms with Gasteiger partial charge in [-0.1, -0.05) is 60.7 Å². The zero-order valence-corrected chi connectivity index (χ0v) is 24.2. The first-order valence-corrected chi connectivity index (χ1v) is 13.7. The Kier molecular flexibility index (Phi) is 10.0. The van der Waals surface area contributed by atoms with Gasteiger partial charge in [0.05, 0.1) is 13.1 Å². The van der Waals surface area contributed by atoms with E-state index in [1.165, 1.54) is 4.90 Å². The summed E-state index contributed by atoms with van der Waals surface area (Å²) in [7, 11) is 0. The van der Waals surface area contributed by atoms with Crippen molar-refractivity contribution in [1.29, 1.82) is 0 Å². The number of nitrogens with zero attached hydrogens (tertiary/aromatic N) is 3. The number of carbonyl (C=O) groups is 3. The molecule has 0 bridgehead atoms. The lowest BCUT2D eigenvalue weighted by Crippen LogP contribution is -2.50. The van der Waals surface area contributed by atoms with Crippen LogP contribution in [0.1, 0.15) is 31.9 Å². The van der Waals surface area contributed by atoms with E-state index < -0.39 is 41.2 Å². The van der Waals surface area contributed by atoms with Crippen LogP contribution in [0.3, 0.4) is 0 Å². The Hall–Kier alpha value is -4.87. The topological polar surface area (TPSA) is 101 Å². The fourth-order valence-electron chi connectivity index (χ4n) is 4.28. The van der Waals surface area contributed by atoms with Gasteiger partial charge in [0.25, 0.3) is 0 Å². The summed E-state index contributed by atoms with van der Waals surface area (Å²) in [6.45, 7) is 4.76. The summed E-state index contributed by atoms with van der Waals surface area (Å²) in [5.74, 6) is -2.10. The van der Waals surface area contributed by atoms with Crippen molar-refractivity contribution >= 4 is 29.7 Å². The molecule has 12 heteroatoms. The lowest BCUT2D eigenvalue weighted by atomic mass is 10.2. The normalized spacial score (nSPS) is 13.7. The van der Waals surface area contributed by atoms with Gasteiger partial charge >= 0.3 is 18.3 Å². The molecule has 3 aromatic carbocycles. The van der Waals surface area contributed by atoms with Gasteiger partial charge in [0.1, 0.15) is 24.5 Å². The molecule has 10 nitrogen and oxygen atoms in total. The van der Waals surface area contributed by atoms with Gasteiger partial charge in [-0.05, 0) is 44.0 Å². The number of nitrogens with one attached hydrogen (secondary N) is 1. The number of hydrogen-bond acceptors (Lipinski definition) is 7. The molecule has 0 radical (unpaired) electrons. The van der Waals surface area contributed by atoms with Crippen molar-refractivity contribution in [2.75, 3.05) is 36.5 Å². The first-order valence-electron chi connectivity index (χ1n) is 13.7. The Balaban J connectivity index is 1.50. The molecule has 0 unspecified atom stereocenters. The van der Waals surface area contributed by atoms with Crippen molar-refractivity contribution in [3.63, 3.8) is 0 Å². The smallest absolute Gasteiger partial charge is 0.429 e. The molecule has 0 aromatic heterocycles. The largest absolute Gasteiger partial charge is 0.445 e. The molecule has 0 spiro atoms. The number of carbonyl (C=O) groups excluding carboxylic acids is 3. The molecule has 0 atom stereocenters. The molecule has 0 aliphatic carbocycles. The van der Waals surface area contributed by atoms with Crippen molar-refractivity contribution < 1.29 is 37.4 Å². The maximum atomic E-state index is 15.5. The van der Waals surface area contributed by atoms with Crippen molar-refractivity contribution in [3.05, 3.63) is 95.6 Å². The molecule has 1 aliphatic rings. The highest BCUT2D eigenvalue weighted by Crippen LogP contribution is 2.30. The third-order valence-corrected chi connectivity index (χ3v) is 6.26. The van der Waals surface area contributed by atoms with Crippen LogP contribution in [0.4, 0.5) is 34.5 Å². The Morgan fingerprint density at radius 1 is 0.767 bits per heavy atom. The predicted molar refractivity (Wildman–Crippen MR) is 155 cm³/mol. The summed E-state index contributed by atoms with van der Waals surface area (Å²) in [6.07, 6.45) is -2.38. The van der Waals surface area contributed by atoms with Crippen molar-refractivity contribution in [3.8, 4) is 0 Å². The summed E-state index contributed by atoms with van der Waals surface area (Å²) in [6, 6.07) is 19.9. The standard InChI is InChI=1S/C31H34F2N4O6/c1-31(2,3)43-30(40)37-17-15-35(29(39)42-21-23-12-8-5-9-13-23)14-16-36(37)27-25(32)18-24(19-26(27)33)34-28(38)41-20-22-10-6-4-7-11-22/h4-13,18-19H,14-17,20-21H2,1-3H3,(H,34,38). The van der Waals surface area contributed by atoms with Crippen molar-refractivity contribution in [2.45, 2.75) is 39.6 Å². The van der Waals surface area contributed by atoms with Crippen molar-refractivity contribution in [2.24, 2.45) is 0 Å². The average molecular weight is 597 g/mol. The highest BCUT2D eigenvalue weighted by Gasteiger charge is 2.34. The van der Waals surface area contributed by atoms with Gasteiger partial charge in [-0.3, -0.25) is 10.3 Å². The Labute approximate surface area is 248 Å². The van der Waals surface area contributed by atoms with Crippen LogP contribution in [0.2, 0.25) is 0 Å². The third-order valence-electron chi connectivity index (χ3n) is 6.26. The summed E-state index contributed by atoms with van der Waals surface area (Å²) in [5.41, 5.74) is -0.0831. The maximum Gasteiger partial charge on any atom is 0.429 e. The van der Waals surface area contributed by atoms with Crippen LogP contribution in [0.15, 0.2) is 72.8 Å². The van der Waals surface area contributed by atoms with Gasteiger partial charge in [-0.25, -0.2) is 28.2 Å². The molecule has 228 valence electrons. The Morgan fingerprint density at radius 3 is 1.86 bits per heavy atom. The van der Waals surface area contributed by atoms with Gasteiger partial charge in [0, 0.05) is 18.8 Å². The number of amides is 3. The molecule has 1 heterocycles. The maximum absolute atomic E-state index is 15.5. The summed E-state index contributed by atoms with van der Waals surface area (Å²) in [5, 5.41) is 4.47. The van der Waals surface area contributed by atoms with Gasteiger partial charge in [0.15, 0.2) is 11.6 Å². The number of rotatable bonds is 6. The summed E-state index contributed by atoms with van der Waals surface area (Å²) in [4.78, 5) is 39.6. The van der Waals surface area contributed by atoms with Crippen molar-refractivity contribution in [1.82, 2.24) is 9.91 Å². The van der Waals surface area contributed by atoms with E-state index in [0.717, 1.165) is 33.3 Å². The zero-order valence-electron chi connectivity index (χ0n) is 24.2. The number of hydrazine groups is 1.